The smallest absolute Gasteiger partial charge is 0.126 e. The van der Waals surface area contributed by atoms with E-state index in [1.807, 2.05) is 0 Å². The summed E-state index contributed by atoms with van der Waals surface area (Å²) < 4.78 is 0. The Balaban J connectivity index is 3.05. The number of H-pyrrole nitrogens is 1. The van der Waals surface area contributed by atoms with Crippen LogP contribution in [-0.2, 0) is 0 Å². The summed E-state index contributed by atoms with van der Waals surface area (Å²) in [4.78, 5) is 0. The van der Waals surface area contributed by atoms with Gasteiger partial charge in [-0.15, -0.1) is 0 Å². The highest BCUT2D eigenvalue weighted by atomic mass is 15.1. The first-order chi connectivity index (χ1) is 2.89. The molecular formula is C3H4N3. The molecule has 0 unspecified atom stereocenters. The van der Waals surface area contributed by atoms with Gasteiger partial charge in [0, 0.05) is 6.07 Å². The lowest BCUT2D eigenvalue weighted by atomic mass is 10.7. The summed E-state index contributed by atoms with van der Waals surface area (Å²) in [5, 5.41) is 5.99. The van der Waals surface area contributed by atoms with E-state index in [2.05, 4.69) is 16.3 Å². The maximum atomic E-state index is 5.10. The van der Waals surface area contributed by atoms with Crippen LogP contribution in [0.3, 0.4) is 0 Å². The molecule has 1 rings (SSSR count). The lowest BCUT2D eigenvalue weighted by molar-refractivity contribution is 1.10. The van der Waals surface area contributed by atoms with Crippen molar-refractivity contribution in [3.05, 3.63) is 12.3 Å². The molecule has 0 aliphatic carbocycles. The Hall–Kier alpha value is -0.990. The monoisotopic (exact) mass is 82.0 g/mol. The van der Waals surface area contributed by atoms with Crippen LogP contribution in [0, 0.1) is 6.07 Å². The average Bonchev–Trinajstić information content (AvgIpc) is 1.86. The van der Waals surface area contributed by atoms with Gasteiger partial charge in [-0.2, -0.15) is 5.10 Å². The highest BCUT2D eigenvalue weighted by molar-refractivity contribution is 5.20. The molecule has 31 valence electrons. The molecule has 0 saturated carbocycles. The first kappa shape index (κ1) is 3.21. The largest absolute Gasteiger partial charge is 0.384 e. The van der Waals surface area contributed by atoms with Crippen molar-refractivity contribution in [1.29, 1.82) is 0 Å². The van der Waals surface area contributed by atoms with Gasteiger partial charge >= 0.3 is 0 Å². The summed E-state index contributed by atoms with van der Waals surface area (Å²) in [5.41, 5.74) is 5.10. The summed E-state index contributed by atoms with van der Waals surface area (Å²) in [7, 11) is 0. The maximum absolute atomic E-state index is 5.10. The van der Waals surface area contributed by atoms with Crippen molar-refractivity contribution in [3.8, 4) is 0 Å². The van der Waals surface area contributed by atoms with Crippen molar-refractivity contribution in [2.24, 2.45) is 0 Å². The van der Waals surface area contributed by atoms with E-state index < -0.39 is 0 Å². The zero-order valence-electron chi connectivity index (χ0n) is 3.10. The number of nitrogens with two attached hydrogens (primary N) is 1. The third-order valence-electron chi connectivity index (χ3n) is 0.470. The number of rotatable bonds is 0. The van der Waals surface area contributed by atoms with Gasteiger partial charge in [-0.25, -0.2) is 0 Å². The molecule has 0 aliphatic rings. The molecule has 0 aromatic carbocycles. The molecular weight excluding hydrogens is 78.1 g/mol. The molecule has 0 atom stereocenters. The second-order valence-electron chi connectivity index (χ2n) is 0.928. The fourth-order valence-electron chi connectivity index (χ4n) is 0.236. The second-order valence-corrected chi connectivity index (χ2v) is 0.928. The quantitative estimate of drug-likeness (QED) is 0.455. The number of anilines is 1. The normalized spacial score (nSPS) is 8.67. The summed E-state index contributed by atoms with van der Waals surface area (Å²) in [5.74, 6) is 0.481. The Bertz CT molecular complexity index is 110. The highest BCUT2D eigenvalue weighted by Gasteiger charge is 1.75. The lowest BCUT2D eigenvalue weighted by Gasteiger charge is -1.69. The zero-order valence-corrected chi connectivity index (χ0v) is 3.10. The Kier molecular flexibility index (Phi) is 0.538. The summed E-state index contributed by atoms with van der Waals surface area (Å²) in [6, 6.07) is 2.61. The third-order valence-corrected chi connectivity index (χ3v) is 0.470. The first-order valence-electron chi connectivity index (χ1n) is 1.56. The molecule has 0 spiro atoms. The van der Waals surface area contributed by atoms with Crippen LogP contribution in [-0.4, -0.2) is 10.2 Å². The average molecular weight is 82.1 g/mol. The van der Waals surface area contributed by atoms with Crippen LogP contribution in [0.5, 0.6) is 0 Å². The molecule has 0 bridgehead atoms. The number of hydrogen-bond donors (Lipinski definition) is 2. The molecule has 6 heavy (non-hydrogen) atoms. The van der Waals surface area contributed by atoms with Gasteiger partial charge in [-0.05, 0) is 0 Å². The van der Waals surface area contributed by atoms with Crippen molar-refractivity contribution in [3.63, 3.8) is 0 Å². The van der Waals surface area contributed by atoms with Gasteiger partial charge in [0.15, 0.2) is 0 Å². The summed E-state index contributed by atoms with van der Waals surface area (Å²) >= 11 is 0. The number of aromatic amines is 1. The zero-order chi connectivity index (χ0) is 4.41. The predicted molar refractivity (Wildman–Crippen MR) is 21.8 cm³/mol. The van der Waals surface area contributed by atoms with Crippen LogP contribution in [0.25, 0.3) is 0 Å². The van der Waals surface area contributed by atoms with Gasteiger partial charge < -0.3 is 5.73 Å². The minimum absolute atomic E-state index is 0.481. The van der Waals surface area contributed by atoms with E-state index >= 15 is 0 Å². The van der Waals surface area contributed by atoms with Crippen LogP contribution < -0.4 is 5.73 Å². The number of nitrogens with one attached hydrogen (secondary N) is 1. The van der Waals surface area contributed by atoms with Gasteiger partial charge in [-0.1, -0.05) is 0 Å². The summed E-state index contributed by atoms with van der Waals surface area (Å²) in [6.45, 7) is 0. The van der Waals surface area contributed by atoms with Gasteiger partial charge in [0.25, 0.3) is 0 Å². The van der Waals surface area contributed by atoms with E-state index in [9.17, 15) is 0 Å². The Morgan fingerprint density at radius 3 is 3.00 bits per heavy atom. The molecule has 0 aliphatic heterocycles. The molecule has 1 radical (unpaired) electrons. The number of hydrogen-bond acceptors (Lipinski definition) is 2. The SMILES string of the molecule is Nc1[c]cn[nH]1. The van der Waals surface area contributed by atoms with E-state index in [4.69, 9.17) is 5.73 Å². The number of nitrogens with zero attached hydrogens (tertiary/aromatic N) is 1. The number of aromatic nitrogens is 2. The molecule has 0 fully saturated rings. The summed E-state index contributed by atoms with van der Waals surface area (Å²) in [6.07, 6.45) is 1.48. The number of nitrogen functional groups attached to an aromatic ring is 1. The van der Waals surface area contributed by atoms with Crippen molar-refractivity contribution in [1.82, 2.24) is 10.2 Å². The molecule has 0 amide bonds. The molecule has 1 heterocycles. The predicted octanol–water partition coefficient (Wildman–Crippen LogP) is -0.208. The Morgan fingerprint density at radius 2 is 2.83 bits per heavy atom. The van der Waals surface area contributed by atoms with E-state index in [0.29, 0.717) is 5.82 Å². The van der Waals surface area contributed by atoms with E-state index in [0.717, 1.165) is 0 Å². The maximum Gasteiger partial charge on any atom is 0.126 e. The van der Waals surface area contributed by atoms with E-state index in [1.165, 1.54) is 6.20 Å². The second kappa shape index (κ2) is 1.01. The topological polar surface area (TPSA) is 54.7 Å². The first-order valence-corrected chi connectivity index (χ1v) is 1.56. The van der Waals surface area contributed by atoms with Crippen molar-refractivity contribution in [2.45, 2.75) is 0 Å². The van der Waals surface area contributed by atoms with Crippen molar-refractivity contribution >= 4 is 5.82 Å². The van der Waals surface area contributed by atoms with Gasteiger partial charge in [0.1, 0.15) is 5.82 Å². The fourth-order valence-corrected chi connectivity index (χ4v) is 0.236. The van der Waals surface area contributed by atoms with E-state index in [-0.39, 0.29) is 0 Å². The van der Waals surface area contributed by atoms with Crippen LogP contribution in [0.4, 0.5) is 5.82 Å². The van der Waals surface area contributed by atoms with Gasteiger partial charge in [0.05, 0.1) is 6.20 Å². The standard InChI is InChI=1S/C3H4N3/c4-3-1-2-5-6-3/h2H,(H3,4,5,6). The van der Waals surface area contributed by atoms with Gasteiger partial charge in [0.2, 0.25) is 0 Å². The fraction of sp³-hybridized carbons (Fsp3) is 0. The molecule has 0 saturated heterocycles. The third kappa shape index (κ3) is 0.337. The van der Waals surface area contributed by atoms with Crippen LogP contribution in [0.1, 0.15) is 0 Å². The molecule has 1 aromatic rings. The molecule has 3 N–H and O–H groups in total. The molecule has 1 aromatic heterocycles. The van der Waals surface area contributed by atoms with Gasteiger partial charge in [-0.3, -0.25) is 5.10 Å². The lowest BCUT2D eigenvalue weighted by Crippen LogP contribution is -1.81. The molecule has 3 nitrogen and oxygen atoms in total. The van der Waals surface area contributed by atoms with E-state index in [1.54, 1.807) is 0 Å². The van der Waals surface area contributed by atoms with Crippen molar-refractivity contribution < 1.29 is 0 Å². The van der Waals surface area contributed by atoms with Crippen molar-refractivity contribution in [2.75, 3.05) is 5.73 Å². The van der Waals surface area contributed by atoms with Crippen LogP contribution in [0.15, 0.2) is 6.20 Å². The highest BCUT2D eigenvalue weighted by Crippen LogP contribution is 1.84. The van der Waals surface area contributed by atoms with Crippen LogP contribution >= 0.6 is 0 Å². The Labute approximate surface area is 35.2 Å². The van der Waals surface area contributed by atoms with Crippen LogP contribution in [0.2, 0.25) is 0 Å². The minimum Gasteiger partial charge on any atom is -0.384 e. The minimum atomic E-state index is 0.481. The Morgan fingerprint density at radius 1 is 2.00 bits per heavy atom. The molecule has 3 heteroatoms.